The largest absolute Gasteiger partial charge is 0.493 e. The maximum atomic E-state index is 12.6. The first-order valence-corrected chi connectivity index (χ1v) is 8.72. The molecule has 1 saturated heterocycles. The molecule has 0 aliphatic carbocycles. The Bertz CT molecular complexity index is 533. The number of carbonyl (C=O) groups excluding carboxylic acids is 1. The topological polar surface area (TPSA) is 48.0 Å². The van der Waals surface area contributed by atoms with Crippen LogP contribution >= 0.6 is 0 Å². The summed E-state index contributed by atoms with van der Waals surface area (Å²) in [5, 5.41) is 0. The standard InChI is InChI=1S/C19H29NO4/c1-5-15-8-6-7-11-20(15)18(21)10-9-14-12-16(22-2)19(24-4)17(13-14)23-3/h12-13,15H,5-11H2,1-4H3/t15-/m0/s1. The lowest BCUT2D eigenvalue weighted by Gasteiger charge is -2.35. The predicted molar refractivity (Wildman–Crippen MR) is 94.1 cm³/mol. The van der Waals surface area contributed by atoms with E-state index in [1.807, 2.05) is 12.1 Å². The van der Waals surface area contributed by atoms with Crippen LogP contribution in [0.5, 0.6) is 17.2 Å². The number of aryl methyl sites for hydroxylation is 1. The van der Waals surface area contributed by atoms with Crippen molar-refractivity contribution >= 4 is 5.91 Å². The van der Waals surface area contributed by atoms with Crippen molar-refractivity contribution in [1.29, 1.82) is 0 Å². The number of likely N-dealkylation sites (tertiary alicyclic amines) is 1. The van der Waals surface area contributed by atoms with Gasteiger partial charge in [-0.05, 0) is 49.8 Å². The van der Waals surface area contributed by atoms with Crippen molar-refractivity contribution in [2.75, 3.05) is 27.9 Å². The highest BCUT2D eigenvalue weighted by Gasteiger charge is 2.25. The normalized spacial score (nSPS) is 17.5. The molecule has 1 heterocycles. The van der Waals surface area contributed by atoms with Crippen molar-refractivity contribution < 1.29 is 19.0 Å². The number of methoxy groups -OCH3 is 3. The molecule has 1 amide bonds. The van der Waals surface area contributed by atoms with Gasteiger partial charge < -0.3 is 19.1 Å². The van der Waals surface area contributed by atoms with Crippen molar-refractivity contribution in [3.8, 4) is 17.2 Å². The number of benzene rings is 1. The van der Waals surface area contributed by atoms with Gasteiger partial charge in [-0.2, -0.15) is 0 Å². The van der Waals surface area contributed by atoms with Crippen LogP contribution in [0.25, 0.3) is 0 Å². The molecule has 1 aromatic rings. The molecule has 1 atom stereocenters. The summed E-state index contributed by atoms with van der Waals surface area (Å²) < 4.78 is 16.1. The molecule has 1 aliphatic heterocycles. The smallest absolute Gasteiger partial charge is 0.223 e. The second-order valence-electron chi connectivity index (χ2n) is 6.18. The number of hydrogen-bond donors (Lipinski definition) is 0. The van der Waals surface area contributed by atoms with E-state index in [-0.39, 0.29) is 5.91 Å². The van der Waals surface area contributed by atoms with Crippen LogP contribution in [0.2, 0.25) is 0 Å². The first kappa shape index (κ1) is 18.4. The van der Waals surface area contributed by atoms with Crippen molar-refractivity contribution in [3.05, 3.63) is 17.7 Å². The first-order valence-electron chi connectivity index (χ1n) is 8.72. The number of piperidine rings is 1. The lowest BCUT2D eigenvalue weighted by Crippen LogP contribution is -2.43. The Morgan fingerprint density at radius 1 is 1.12 bits per heavy atom. The van der Waals surface area contributed by atoms with E-state index in [0.717, 1.165) is 31.4 Å². The van der Waals surface area contributed by atoms with E-state index in [9.17, 15) is 4.79 Å². The van der Waals surface area contributed by atoms with E-state index < -0.39 is 0 Å². The molecule has 1 aromatic carbocycles. The third kappa shape index (κ3) is 4.13. The Morgan fingerprint density at radius 2 is 1.79 bits per heavy atom. The summed E-state index contributed by atoms with van der Waals surface area (Å²) >= 11 is 0. The Morgan fingerprint density at radius 3 is 2.33 bits per heavy atom. The van der Waals surface area contributed by atoms with Gasteiger partial charge in [0, 0.05) is 19.0 Å². The lowest BCUT2D eigenvalue weighted by atomic mass is 9.99. The zero-order chi connectivity index (χ0) is 17.5. The first-order chi connectivity index (χ1) is 11.6. The number of ether oxygens (including phenoxy) is 3. The van der Waals surface area contributed by atoms with Crippen molar-refractivity contribution in [3.63, 3.8) is 0 Å². The molecule has 0 aromatic heterocycles. The third-order valence-electron chi connectivity index (χ3n) is 4.77. The maximum Gasteiger partial charge on any atom is 0.223 e. The third-order valence-corrected chi connectivity index (χ3v) is 4.77. The lowest BCUT2D eigenvalue weighted by molar-refractivity contribution is -0.134. The van der Waals surface area contributed by atoms with Gasteiger partial charge in [-0.1, -0.05) is 6.92 Å². The number of nitrogens with zero attached hydrogens (tertiary/aromatic N) is 1. The fraction of sp³-hybridized carbons (Fsp3) is 0.632. The fourth-order valence-electron chi connectivity index (χ4n) is 3.43. The molecular formula is C19H29NO4. The summed E-state index contributed by atoms with van der Waals surface area (Å²) in [7, 11) is 4.79. The summed E-state index contributed by atoms with van der Waals surface area (Å²) in [5.41, 5.74) is 1.02. The summed E-state index contributed by atoms with van der Waals surface area (Å²) in [6.07, 6.45) is 5.70. The van der Waals surface area contributed by atoms with E-state index in [1.54, 1.807) is 21.3 Å². The number of carbonyl (C=O) groups is 1. The molecule has 0 spiro atoms. The van der Waals surface area contributed by atoms with E-state index in [2.05, 4.69) is 11.8 Å². The minimum absolute atomic E-state index is 0.246. The summed E-state index contributed by atoms with van der Waals surface area (Å²) in [6, 6.07) is 4.25. The quantitative estimate of drug-likeness (QED) is 0.766. The van der Waals surface area contributed by atoms with Crippen molar-refractivity contribution in [2.24, 2.45) is 0 Å². The highest BCUT2D eigenvalue weighted by Crippen LogP contribution is 2.38. The molecule has 2 rings (SSSR count). The average Bonchev–Trinajstić information content (AvgIpc) is 2.64. The molecule has 5 nitrogen and oxygen atoms in total. The second-order valence-corrected chi connectivity index (χ2v) is 6.18. The molecule has 1 fully saturated rings. The molecular weight excluding hydrogens is 306 g/mol. The van der Waals surface area contributed by atoms with E-state index in [4.69, 9.17) is 14.2 Å². The molecule has 0 bridgehead atoms. The van der Waals surface area contributed by atoms with Crippen molar-refractivity contribution in [2.45, 2.75) is 51.5 Å². The Labute approximate surface area is 144 Å². The highest BCUT2D eigenvalue weighted by molar-refractivity contribution is 5.77. The number of amides is 1. The van der Waals surface area contributed by atoms with Crippen LogP contribution in [-0.4, -0.2) is 44.7 Å². The SMILES string of the molecule is CC[C@H]1CCCCN1C(=O)CCc1cc(OC)c(OC)c(OC)c1. The Balaban J connectivity index is 2.06. The zero-order valence-corrected chi connectivity index (χ0v) is 15.3. The van der Waals surface area contributed by atoms with Gasteiger partial charge in [0.15, 0.2) is 11.5 Å². The zero-order valence-electron chi connectivity index (χ0n) is 15.3. The Kier molecular flexibility index (Phi) is 6.76. The molecule has 0 N–H and O–H groups in total. The van der Waals surface area contributed by atoms with Crippen LogP contribution in [0.15, 0.2) is 12.1 Å². The van der Waals surface area contributed by atoms with Gasteiger partial charge in [0.2, 0.25) is 11.7 Å². The molecule has 0 unspecified atom stereocenters. The van der Waals surface area contributed by atoms with Crippen LogP contribution < -0.4 is 14.2 Å². The summed E-state index contributed by atoms with van der Waals surface area (Å²) in [4.78, 5) is 14.7. The van der Waals surface area contributed by atoms with Gasteiger partial charge in [-0.25, -0.2) is 0 Å². The van der Waals surface area contributed by atoms with Gasteiger partial charge in [0.1, 0.15) is 0 Å². The predicted octanol–water partition coefficient (Wildman–Crippen LogP) is 3.44. The van der Waals surface area contributed by atoms with Gasteiger partial charge in [-0.15, -0.1) is 0 Å². The molecule has 5 heteroatoms. The van der Waals surface area contributed by atoms with Crippen molar-refractivity contribution in [1.82, 2.24) is 4.90 Å². The maximum absolute atomic E-state index is 12.6. The van der Waals surface area contributed by atoms with Crippen LogP contribution in [0.1, 0.15) is 44.6 Å². The molecule has 24 heavy (non-hydrogen) atoms. The van der Waals surface area contributed by atoms with E-state index in [0.29, 0.717) is 36.1 Å². The minimum atomic E-state index is 0.246. The van der Waals surface area contributed by atoms with Crippen LogP contribution in [0.3, 0.4) is 0 Å². The average molecular weight is 335 g/mol. The summed E-state index contributed by atoms with van der Waals surface area (Å²) in [5.74, 6) is 2.08. The minimum Gasteiger partial charge on any atom is -0.493 e. The van der Waals surface area contributed by atoms with Gasteiger partial charge in [0.05, 0.1) is 21.3 Å². The Hall–Kier alpha value is -1.91. The molecule has 134 valence electrons. The van der Waals surface area contributed by atoms with Gasteiger partial charge in [-0.3, -0.25) is 4.79 Å². The molecule has 0 saturated carbocycles. The van der Waals surface area contributed by atoms with Gasteiger partial charge >= 0.3 is 0 Å². The number of rotatable bonds is 7. The van der Waals surface area contributed by atoms with Crippen LogP contribution in [0, 0.1) is 0 Å². The molecule has 0 radical (unpaired) electrons. The van der Waals surface area contributed by atoms with E-state index >= 15 is 0 Å². The van der Waals surface area contributed by atoms with Crippen LogP contribution in [-0.2, 0) is 11.2 Å². The van der Waals surface area contributed by atoms with Crippen LogP contribution in [0.4, 0.5) is 0 Å². The molecule has 1 aliphatic rings. The summed E-state index contributed by atoms with van der Waals surface area (Å²) in [6.45, 7) is 3.06. The number of hydrogen-bond acceptors (Lipinski definition) is 4. The fourth-order valence-corrected chi connectivity index (χ4v) is 3.43. The van der Waals surface area contributed by atoms with Gasteiger partial charge in [0.25, 0.3) is 0 Å². The monoisotopic (exact) mass is 335 g/mol. The van der Waals surface area contributed by atoms with E-state index in [1.165, 1.54) is 6.42 Å². The highest BCUT2D eigenvalue weighted by atomic mass is 16.5. The second kappa shape index (κ2) is 8.81.